The molecule has 3 aromatic carbocycles. The average Bonchev–Trinajstić information content (AvgIpc) is 2.93. The zero-order valence-electron chi connectivity index (χ0n) is 22.0. The number of hydrogen-bond acceptors (Lipinski definition) is 5. The minimum absolute atomic E-state index is 0.0187. The first-order valence-electron chi connectivity index (χ1n) is 13.2. The van der Waals surface area contributed by atoms with Crippen LogP contribution in [0.1, 0.15) is 61.1 Å². The third kappa shape index (κ3) is 5.39. The lowest BCUT2D eigenvalue weighted by molar-refractivity contribution is -0.118. The summed E-state index contributed by atoms with van der Waals surface area (Å²) in [6.07, 6.45) is 1.33. The molecule has 1 fully saturated rings. The van der Waals surface area contributed by atoms with Crippen LogP contribution in [0.3, 0.4) is 0 Å². The zero-order chi connectivity index (χ0) is 26.8. The van der Waals surface area contributed by atoms with Crippen molar-refractivity contribution in [2.24, 2.45) is 5.92 Å². The number of halogens is 1. The predicted octanol–water partition coefficient (Wildman–Crippen LogP) is 6.27. The Hall–Kier alpha value is -3.06. The van der Waals surface area contributed by atoms with E-state index in [0.29, 0.717) is 29.7 Å². The van der Waals surface area contributed by atoms with E-state index in [4.69, 9.17) is 25.8 Å². The molecule has 0 spiro atoms. The third-order valence-corrected chi connectivity index (χ3v) is 7.61. The number of carbonyl (C=O) groups is 1. The smallest absolute Gasteiger partial charge is 0.232 e. The Labute approximate surface area is 229 Å². The van der Waals surface area contributed by atoms with Gasteiger partial charge in [0.15, 0.2) is 11.5 Å². The van der Waals surface area contributed by atoms with E-state index < -0.39 is 6.10 Å². The molecule has 1 saturated heterocycles. The van der Waals surface area contributed by atoms with E-state index in [9.17, 15) is 9.90 Å². The maximum Gasteiger partial charge on any atom is 0.232 e. The number of anilines is 1. The lowest BCUT2D eigenvalue weighted by Gasteiger charge is -2.38. The average molecular weight is 536 g/mol. The summed E-state index contributed by atoms with van der Waals surface area (Å²) in [4.78, 5) is 15.5. The minimum atomic E-state index is -0.555. The van der Waals surface area contributed by atoms with Gasteiger partial charge in [0.05, 0.1) is 31.8 Å². The van der Waals surface area contributed by atoms with Gasteiger partial charge in [-0.1, -0.05) is 35.9 Å². The van der Waals surface area contributed by atoms with Gasteiger partial charge in [-0.15, -0.1) is 0 Å². The van der Waals surface area contributed by atoms with Crippen LogP contribution in [0.25, 0.3) is 0 Å². The molecule has 1 amide bonds. The van der Waals surface area contributed by atoms with Gasteiger partial charge in [-0.2, -0.15) is 0 Å². The largest absolute Gasteiger partial charge is 0.493 e. The molecule has 2 atom stereocenters. The molecule has 2 aliphatic rings. The molecule has 2 heterocycles. The Morgan fingerprint density at radius 1 is 1.00 bits per heavy atom. The molecule has 7 heteroatoms. The van der Waals surface area contributed by atoms with Crippen molar-refractivity contribution in [3.8, 4) is 11.5 Å². The number of aliphatic hydroxyl groups excluding tert-OH is 1. The van der Waals surface area contributed by atoms with Crippen molar-refractivity contribution in [3.63, 3.8) is 0 Å². The summed E-state index contributed by atoms with van der Waals surface area (Å²) in [5.74, 6) is 1.41. The molecule has 0 bridgehead atoms. The number of aliphatic hydroxyl groups is 1. The van der Waals surface area contributed by atoms with E-state index in [1.807, 2.05) is 79.4 Å². The summed E-state index contributed by atoms with van der Waals surface area (Å²) in [6, 6.07) is 18.9. The van der Waals surface area contributed by atoms with E-state index in [2.05, 4.69) is 0 Å². The molecule has 3 aromatic rings. The van der Waals surface area contributed by atoms with Crippen LogP contribution >= 0.6 is 11.6 Å². The van der Waals surface area contributed by atoms with Crippen molar-refractivity contribution in [2.75, 3.05) is 25.2 Å². The number of amides is 1. The molecule has 0 aliphatic carbocycles. The van der Waals surface area contributed by atoms with Crippen molar-refractivity contribution in [1.29, 1.82) is 0 Å². The second-order valence-electron chi connectivity index (χ2n) is 10.2. The Morgan fingerprint density at radius 3 is 2.32 bits per heavy atom. The van der Waals surface area contributed by atoms with Crippen LogP contribution in [-0.4, -0.2) is 37.4 Å². The SMILES string of the molecule is COc1cc2c(cc1OC(C)C)[C@H](c1ccc(Cl)cc1)N(c1ccc(C(O)C3CCOCC3)cc1)C(=O)C2. The first kappa shape index (κ1) is 26.5. The second kappa shape index (κ2) is 11.4. The molecule has 1 N–H and O–H groups in total. The fourth-order valence-electron chi connectivity index (χ4n) is 5.46. The number of hydrogen-bond donors (Lipinski definition) is 1. The second-order valence-corrected chi connectivity index (χ2v) is 10.7. The van der Waals surface area contributed by atoms with E-state index in [0.717, 1.165) is 40.8 Å². The monoisotopic (exact) mass is 535 g/mol. The van der Waals surface area contributed by atoms with Gasteiger partial charge in [-0.3, -0.25) is 4.79 Å². The normalized spacial score (nSPS) is 18.8. The van der Waals surface area contributed by atoms with Gasteiger partial charge >= 0.3 is 0 Å². The van der Waals surface area contributed by atoms with Gasteiger partial charge < -0.3 is 24.2 Å². The van der Waals surface area contributed by atoms with Gasteiger partial charge in [0.2, 0.25) is 5.91 Å². The van der Waals surface area contributed by atoms with Gasteiger partial charge in [-0.25, -0.2) is 0 Å². The van der Waals surface area contributed by atoms with Crippen LogP contribution in [0.5, 0.6) is 11.5 Å². The number of benzene rings is 3. The first-order valence-corrected chi connectivity index (χ1v) is 13.5. The Kier molecular flexibility index (Phi) is 7.93. The third-order valence-electron chi connectivity index (χ3n) is 7.36. The first-order chi connectivity index (χ1) is 18.4. The molecule has 0 saturated carbocycles. The highest BCUT2D eigenvalue weighted by molar-refractivity contribution is 6.30. The number of ether oxygens (including phenoxy) is 3. The summed E-state index contributed by atoms with van der Waals surface area (Å²) in [7, 11) is 1.61. The van der Waals surface area contributed by atoms with E-state index in [1.165, 1.54) is 0 Å². The molecular weight excluding hydrogens is 502 g/mol. The molecular formula is C31H34ClNO5. The van der Waals surface area contributed by atoms with Gasteiger partial charge in [0, 0.05) is 23.9 Å². The van der Waals surface area contributed by atoms with Crippen LogP contribution in [0.2, 0.25) is 5.02 Å². The molecule has 6 nitrogen and oxygen atoms in total. The summed E-state index contributed by atoms with van der Waals surface area (Å²) >= 11 is 6.22. The number of carbonyl (C=O) groups excluding carboxylic acids is 1. The highest BCUT2D eigenvalue weighted by atomic mass is 35.5. The highest BCUT2D eigenvalue weighted by Crippen LogP contribution is 2.44. The predicted molar refractivity (Wildman–Crippen MR) is 148 cm³/mol. The van der Waals surface area contributed by atoms with Crippen LogP contribution in [-0.2, 0) is 16.0 Å². The van der Waals surface area contributed by atoms with Crippen LogP contribution < -0.4 is 14.4 Å². The molecule has 200 valence electrons. The fourth-order valence-corrected chi connectivity index (χ4v) is 5.59. The Balaban J connectivity index is 1.56. The van der Waals surface area contributed by atoms with Crippen molar-refractivity contribution < 1.29 is 24.1 Å². The minimum Gasteiger partial charge on any atom is -0.493 e. The summed E-state index contributed by atoms with van der Waals surface area (Å²) in [5.41, 5.74) is 4.45. The van der Waals surface area contributed by atoms with Crippen molar-refractivity contribution in [2.45, 2.75) is 51.4 Å². The molecule has 38 heavy (non-hydrogen) atoms. The fraction of sp³-hybridized carbons (Fsp3) is 0.387. The Bertz CT molecular complexity index is 1270. The quantitative estimate of drug-likeness (QED) is 0.386. The number of fused-ring (bicyclic) bond motifs is 1. The van der Waals surface area contributed by atoms with E-state index >= 15 is 0 Å². The van der Waals surface area contributed by atoms with Crippen LogP contribution in [0.15, 0.2) is 60.7 Å². The summed E-state index contributed by atoms with van der Waals surface area (Å²) in [5, 5.41) is 11.6. The van der Waals surface area contributed by atoms with Crippen LogP contribution in [0.4, 0.5) is 5.69 Å². The highest BCUT2D eigenvalue weighted by Gasteiger charge is 2.36. The van der Waals surface area contributed by atoms with Crippen molar-refractivity contribution in [1.82, 2.24) is 0 Å². The molecule has 1 unspecified atom stereocenters. The summed E-state index contributed by atoms with van der Waals surface area (Å²) < 4.78 is 17.1. The zero-order valence-corrected chi connectivity index (χ0v) is 22.8. The lowest BCUT2D eigenvalue weighted by atomic mass is 9.86. The number of methoxy groups -OCH3 is 1. The van der Waals surface area contributed by atoms with Gasteiger partial charge in [0.25, 0.3) is 0 Å². The molecule has 5 rings (SSSR count). The van der Waals surface area contributed by atoms with Gasteiger partial charge in [0.1, 0.15) is 0 Å². The standard InChI is InChI=1S/C31H34ClNO5/c1-19(2)38-28-18-26-23(16-27(28)36-3)17-29(34)33(30(26)20-4-8-24(32)9-5-20)25-10-6-21(7-11-25)31(35)22-12-14-37-15-13-22/h4-11,16,18-19,22,30-31,35H,12-15,17H2,1-3H3/t30-,31?/m0/s1. The lowest BCUT2D eigenvalue weighted by Crippen LogP contribution is -2.41. The van der Waals surface area contributed by atoms with E-state index in [-0.39, 0.29) is 30.4 Å². The van der Waals surface area contributed by atoms with Crippen molar-refractivity contribution in [3.05, 3.63) is 87.9 Å². The summed E-state index contributed by atoms with van der Waals surface area (Å²) in [6.45, 7) is 5.30. The van der Waals surface area contributed by atoms with E-state index in [1.54, 1.807) is 7.11 Å². The molecule has 2 aliphatic heterocycles. The van der Waals surface area contributed by atoms with Gasteiger partial charge in [-0.05, 0) is 91.3 Å². The number of rotatable bonds is 7. The maximum atomic E-state index is 13.7. The van der Waals surface area contributed by atoms with Crippen LogP contribution in [0, 0.1) is 5.92 Å². The molecule has 0 radical (unpaired) electrons. The maximum absolute atomic E-state index is 13.7. The topological polar surface area (TPSA) is 68.2 Å². The van der Waals surface area contributed by atoms with Crippen molar-refractivity contribution >= 4 is 23.2 Å². The number of nitrogens with zero attached hydrogens (tertiary/aromatic N) is 1. The Morgan fingerprint density at radius 2 is 1.68 bits per heavy atom. The molecule has 0 aromatic heterocycles.